The van der Waals surface area contributed by atoms with Gasteiger partial charge in [-0.15, -0.1) is 0 Å². The van der Waals surface area contributed by atoms with Gasteiger partial charge in [-0.25, -0.2) is 0 Å². The standard InChI is InChI=1S/C22H22/c1-16(2)19-12-8-13-20(15-19)21-14-7-9-17(3)22(21)18-10-5-4-6-11-18/h4-16H,1-3H3. The first kappa shape index (κ1) is 14.6. The highest BCUT2D eigenvalue weighted by molar-refractivity contribution is 5.85. The first-order chi connectivity index (χ1) is 10.7. The molecular weight excluding hydrogens is 264 g/mol. The summed E-state index contributed by atoms with van der Waals surface area (Å²) < 4.78 is 0. The number of hydrogen-bond donors (Lipinski definition) is 0. The minimum absolute atomic E-state index is 0.546. The fourth-order valence-electron chi connectivity index (χ4n) is 2.96. The van der Waals surface area contributed by atoms with Gasteiger partial charge in [0, 0.05) is 0 Å². The van der Waals surface area contributed by atoms with Gasteiger partial charge in [0.25, 0.3) is 0 Å². The number of benzene rings is 3. The van der Waals surface area contributed by atoms with Gasteiger partial charge in [-0.05, 0) is 46.2 Å². The smallest absolute Gasteiger partial charge is 0.00761 e. The summed E-state index contributed by atoms with van der Waals surface area (Å²) in [6.45, 7) is 6.68. The van der Waals surface area contributed by atoms with Crippen molar-refractivity contribution < 1.29 is 0 Å². The van der Waals surface area contributed by atoms with Crippen molar-refractivity contribution in [2.45, 2.75) is 26.7 Å². The normalized spacial score (nSPS) is 10.9. The molecule has 0 amide bonds. The van der Waals surface area contributed by atoms with Crippen molar-refractivity contribution in [2.75, 3.05) is 0 Å². The Hall–Kier alpha value is -2.34. The van der Waals surface area contributed by atoms with E-state index in [0.717, 1.165) is 0 Å². The molecule has 0 bridgehead atoms. The Balaban J connectivity index is 2.20. The largest absolute Gasteiger partial charge is 0.0622 e. The van der Waals surface area contributed by atoms with Gasteiger partial charge < -0.3 is 0 Å². The van der Waals surface area contributed by atoms with Crippen molar-refractivity contribution in [2.24, 2.45) is 0 Å². The molecule has 0 unspecified atom stereocenters. The lowest BCUT2D eigenvalue weighted by atomic mass is 9.89. The van der Waals surface area contributed by atoms with Crippen LogP contribution in [0.1, 0.15) is 30.9 Å². The fourth-order valence-corrected chi connectivity index (χ4v) is 2.96. The molecule has 0 fully saturated rings. The molecule has 22 heavy (non-hydrogen) atoms. The van der Waals surface area contributed by atoms with Gasteiger partial charge in [-0.3, -0.25) is 0 Å². The maximum Gasteiger partial charge on any atom is -0.00761 e. The van der Waals surface area contributed by atoms with Crippen LogP contribution in [0.3, 0.4) is 0 Å². The average molecular weight is 286 g/mol. The lowest BCUT2D eigenvalue weighted by molar-refractivity contribution is 0.867. The van der Waals surface area contributed by atoms with E-state index in [1.54, 1.807) is 0 Å². The average Bonchev–Trinajstić information content (AvgIpc) is 2.55. The molecule has 3 rings (SSSR count). The lowest BCUT2D eigenvalue weighted by Gasteiger charge is -2.15. The molecule has 0 saturated carbocycles. The maximum absolute atomic E-state index is 2.33. The third kappa shape index (κ3) is 2.82. The van der Waals surface area contributed by atoms with Crippen molar-refractivity contribution in [1.82, 2.24) is 0 Å². The third-order valence-electron chi connectivity index (χ3n) is 4.20. The van der Waals surface area contributed by atoms with Crippen LogP contribution in [0.25, 0.3) is 22.3 Å². The van der Waals surface area contributed by atoms with Gasteiger partial charge in [0.1, 0.15) is 0 Å². The van der Waals surface area contributed by atoms with Gasteiger partial charge in [0.05, 0.1) is 0 Å². The van der Waals surface area contributed by atoms with E-state index in [1.807, 2.05) is 0 Å². The van der Waals surface area contributed by atoms with Crippen LogP contribution in [0, 0.1) is 6.92 Å². The molecule has 0 N–H and O–H groups in total. The van der Waals surface area contributed by atoms with Crippen LogP contribution in [-0.2, 0) is 0 Å². The molecule has 3 aromatic rings. The van der Waals surface area contributed by atoms with E-state index in [-0.39, 0.29) is 0 Å². The highest BCUT2D eigenvalue weighted by Gasteiger charge is 2.10. The molecule has 0 heteroatoms. The summed E-state index contributed by atoms with van der Waals surface area (Å²) in [4.78, 5) is 0. The summed E-state index contributed by atoms with van der Waals surface area (Å²) in [5.41, 5.74) is 7.94. The van der Waals surface area contributed by atoms with Crippen molar-refractivity contribution in [1.29, 1.82) is 0 Å². The van der Waals surface area contributed by atoms with E-state index in [0.29, 0.717) is 5.92 Å². The van der Waals surface area contributed by atoms with Crippen LogP contribution in [-0.4, -0.2) is 0 Å². The Morgan fingerprint density at radius 1 is 0.682 bits per heavy atom. The topological polar surface area (TPSA) is 0 Å². The van der Waals surface area contributed by atoms with E-state index in [4.69, 9.17) is 0 Å². The van der Waals surface area contributed by atoms with E-state index >= 15 is 0 Å². The Bertz CT molecular complexity index is 767. The Morgan fingerprint density at radius 3 is 2.09 bits per heavy atom. The maximum atomic E-state index is 2.33. The second-order valence-corrected chi connectivity index (χ2v) is 6.14. The van der Waals surface area contributed by atoms with Gasteiger partial charge in [0.15, 0.2) is 0 Å². The fraction of sp³-hybridized carbons (Fsp3) is 0.182. The van der Waals surface area contributed by atoms with Gasteiger partial charge in [-0.1, -0.05) is 86.6 Å². The quantitative estimate of drug-likeness (QED) is 0.519. The van der Waals surface area contributed by atoms with Crippen molar-refractivity contribution in [3.8, 4) is 22.3 Å². The van der Waals surface area contributed by atoms with Crippen molar-refractivity contribution >= 4 is 0 Å². The zero-order valence-electron chi connectivity index (χ0n) is 13.5. The molecule has 0 aliphatic carbocycles. The van der Waals surface area contributed by atoms with E-state index in [9.17, 15) is 0 Å². The van der Waals surface area contributed by atoms with Crippen LogP contribution in [0.2, 0.25) is 0 Å². The minimum atomic E-state index is 0.546. The molecule has 0 aromatic heterocycles. The van der Waals surface area contributed by atoms with Gasteiger partial charge in [0.2, 0.25) is 0 Å². The second kappa shape index (κ2) is 6.19. The monoisotopic (exact) mass is 286 g/mol. The molecule has 0 radical (unpaired) electrons. The lowest BCUT2D eigenvalue weighted by Crippen LogP contribution is -1.91. The molecule has 0 aliphatic heterocycles. The van der Waals surface area contributed by atoms with Crippen molar-refractivity contribution in [3.63, 3.8) is 0 Å². The minimum Gasteiger partial charge on any atom is -0.0622 e. The highest BCUT2D eigenvalue weighted by Crippen LogP contribution is 2.35. The molecule has 0 heterocycles. The van der Waals surface area contributed by atoms with Gasteiger partial charge >= 0.3 is 0 Å². The van der Waals surface area contributed by atoms with Crippen LogP contribution in [0.4, 0.5) is 0 Å². The summed E-state index contributed by atoms with van der Waals surface area (Å²) in [6.07, 6.45) is 0. The summed E-state index contributed by atoms with van der Waals surface area (Å²) in [6, 6.07) is 26.2. The summed E-state index contributed by atoms with van der Waals surface area (Å²) in [5.74, 6) is 0.546. The van der Waals surface area contributed by atoms with Gasteiger partial charge in [-0.2, -0.15) is 0 Å². The molecule has 0 spiro atoms. The first-order valence-corrected chi connectivity index (χ1v) is 7.92. The summed E-state index contributed by atoms with van der Waals surface area (Å²) in [7, 11) is 0. The molecule has 0 aliphatic rings. The molecule has 0 nitrogen and oxygen atoms in total. The molecule has 0 atom stereocenters. The van der Waals surface area contributed by atoms with Crippen molar-refractivity contribution in [3.05, 3.63) is 83.9 Å². The number of aryl methyl sites for hydroxylation is 1. The van der Waals surface area contributed by atoms with Crippen LogP contribution in [0.15, 0.2) is 72.8 Å². The van der Waals surface area contributed by atoms with Crippen LogP contribution < -0.4 is 0 Å². The van der Waals surface area contributed by atoms with Crippen LogP contribution >= 0.6 is 0 Å². The Morgan fingerprint density at radius 2 is 1.36 bits per heavy atom. The zero-order valence-corrected chi connectivity index (χ0v) is 13.5. The SMILES string of the molecule is Cc1cccc(-c2cccc(C(C)C)c2)c1-c1ccccc1. The second-order valence-electron chi connectivity index (χ2n) is 6.14. The molecular formula is C22H22. The molecule has 110 valence electrons. The van der Waals surface area contributed by atoms with E-state index in [2.05, 4.69) is 93.6 Å². The van der Waals surface area contributed by atoms with Crippen LogP contribution in [0.5, 0.6) is 0 Å². The molecule has 3 aromatic carbocycles. The molecule has 0 saturated heterocycles. The summed E-state index contributed by atoms with van der Waals surface area (Å²) in [5, 5.41) is 0. The van der Waals surface area contributed by atoms with E-state index < -0.39 is 0 Å². The summed E-state index contributed by atoms with van der Waals surface area (Å²) >= 11 is 0. The highest BCUT2D eigenvalue weighted by atomic mass is 14.1. The predicted molar refractivity (Wildman–Crippen MR) is 96.1 cm³/mol. The van der Waals surface area contributed by atoms with E-state index in [1.165, 1.54) is 33.4 Å². The predicted octanol–water partition coefficient (Wildman–Crippen LogP) is 6.45. The zero-order chi connectivity index (χ0) is 15.5. The number of hydrogen-bond acceptors (Lipinski definition) is 0. The third-order valence-corrected chi connectivity index (χ3v) is 4.20. The first-order valence-electron chi connectivity index (χ1n) is 7.92. The Labute approximate surface area is 133 Å². The number of rotatable bonds is 3. The Kier molecular flexibility index (Phi) is 4.11.